The molecule has 0 heterocycles. The predicted octanol–water partition coefficient (Wildman–Crippen LogP) is 2.88. The summed E-state index contributed by atoms with van der Waals surface area (Å²) in [6.45, 7) is 1.65. The molecule has 0 fully saturated rings. The van der Waals surface area contributed by atoms with Crippen LogP contribution in [0.2, 0.25) is 0 Å². The van der Waals surface area contributed by atoms with Gasteiger partial charge in [0.2, 0.25) is 5.91 Å². The van der Waals surface area contributed by atoms with E-state index in [9.17, 15) is 19.1 Å². The van der Waals surface area contributed by atoms with Gasteiger partial charge in [-0.15, -0.1) is 0 Å². The van der Waals surface area contributed by atoms with E-state index in [4.69, 9.17) is 4.74 Å². The van der Waals surface area contributed by atoms with E-state index in [1.807, 2.05) is 0 Å². The van der Waals surface area contributed by atoms with E-state index < -0.39 is 11.5 Å². The van der Waals surface area contributed by atoms with E-state index >= 15 is 0 Å². The summed E-state index contributed by atoms with van der Waals surface area (Å²) < 4.78 is 18.1. The molecule has 0 radical (unpaired) electrons. The fraction of sp³-hybridized carbons (Fsp3) is 0.263. The number of hydrogen-bond acceptors (Lipinski definition) is 3. The number of methoxy groups -OCH3 is 1. The van der Waals surface area contributed by atoms with Crippen LogP contribution >= 0.6 is 0 Å². The van der Waals surface area contributed by atoms with E-state index in [0.29, 0.717) is 16.9 Å². The molecule has 5 nitrogen and oxygen atoms in total. The first kappa shape index (κ1) is 18.4. The van der Waals surface area contributed by atoms with Gasteiger partial charge in [-0.05, 0) is 42.3 Å². The molecule has 0 aliphatic carbocycles. The van der Waals surface area contributed by atoms with Crippen LogP contribution in [0.15, 0.2) is 48.5 Å². The Bertz CT molecular complexity index is 760. The molecule has 0 spiro atoms. The van der Waals surface area contributed by atoms with Gasteiger partial charge < -0.3 is 15.2 Å². The highest BCUT2D eigenvalue weighted by Gasteiger charge is 2.31. The maximum absolute atomic E-state index is 13.0. The normalized spacial score (nSPS) is 12.9. The molecule has 132 valence electrons. The van der Waals surface area contributed by atoms with Gasteiger partial charge >= 0.3 is 5.97 Å². The van der Waals surface area contributed by atoms with Crippen LogP contribution in [0, 0.1) is 5.82 Å². The number of aliphatic carboxylic acids is 1. The number of carbonyl (C=O) groups excluding carboxylic acids is 1. The van der Waals surface area contributed by atoms with E-state index in [1.54, 1.807) is 31.2 Å². The Hall–Kier alpha value is -2.89. The van der Waals surface area contributed by atoms with Crippen molar-refractivity contribution in [1.29, 1.82) is 0 Å². The van der Waals surface area contributed by atoms with E-state index in [0.717, 1.165) is 0 Å². The molecular formula is C19H20FNO4. The molecule has 2 N–H and O–H groups in total. The third kappa shape index (κ3) is 5.04. The van der Waals surface area contributed by atoms with E-state index in [2.05, 4.69) is 5.32 Å². The molecule has 1 unspecified atom stereocenters. The number of amides is 1. The van der Waals surface area contributed by atoms with Crippen LogP contribution < -0.4 is 10.1 Å². The molecule has 0 aliphatic rings. The number of carbonyl (C=O) groups is 2. The van der Waals surface area contributed by atoms with Gasteiger partial charge in [-0.2, -0.15) is 0 Å². The summed E-state index contributed by atoms with van der Waals surface area (Å²) in [6.07, 6.45) is -0.255. The third-order valence-corrected chi connectivity index (χ3v) is 3.90. The summed E-state index contributed by atoms with van der Waals surface area (Å²) in [5.41, 5.74) is 0.168. The second kappa shape index (κ2) is 7.79. The molecule has 0 saturated carbocycles. The zero-order chi connectivity index (χ0) is 18.4. The van der Waals surface area contributed by atoms with E-state index in [1.165, 1.54) is 31.4 Å². The quantitative estimate of drug-likeness (QED) is 0.809. The molecule has 1 atom stereocenters. The smallest absolute Gasteiger partial charge is 0.306 e. The molecule has 2 aromatic carbocycles. The zero-order valence-electron chi connectivity index (χ0n) is 14.1. The van der Waals surface area contributed by atoms with Gasteiger partial charge in [-0.25, -0.2) is 4.39 Å². The highest BCUT2D eigenvalue weighted by molar-refractivity contribution is 5.80. The van der Waals surface area contributed by atoms with Gasteiger partial charge in [0.15, 0.2) is 0 Å². The summed E-state index contributed by atoms with van der Waals surface area (Å²) in [5, 5.41) is 12.0. The number of carboxylic acid groups (broad SMARTS) is 1. The molecular weight excluding hydrogens is 325 g/mol. The minimum atomic E-state index is -1.10. The van der Waals surface area contributed by atoms with Crippen LogP contribution in [0.25, 0.3) is 0 Å². The lowest BCUT2D eigenvalue weighted by atomic mass is 9.88. The lowest BCUT2D eigenvalue weighted by Crippen LogP contribution is -2.45. The molecule has 2 rings (SSSR count). The Morgan fingerprint density at radius 3 is 2.48 bits per heavy atom. The Morgan fingerprint density at radius 2 is 1.88 bits per heavy atom. The lowest BCUT2D eigenvalue weighted by Gasteiger charge is -2.30. The average Bonchev–Trinajstić information content (AvgIpc) is 2.56. The van der Waals surface area contributed by atoms with Crippen LogP contribution in [0.4, 0.5) is 4.39 Å². The first-order valence-corrected chi connectivity index (χ1v) is 7.74. The third-order valence-electron chi connectivity index (χ3n) is 3.90. The molecule has 0 aliphatic heterocycles. The van der Waals surface area contributed by atoms with Gasteiger partial charge in [-0.3, -0.25) is 9.59 Å². The van der Waals surface area contributed by atoms with Gasteiger partial charge in [-0.1, -0.05) is 24.3 Å². The van der Waals surface area contributed by atoms with Gasteiger partial charge in [0.25, 0.3) is 0 Å². The summed E-state index contributed by atoms with van der Waals surface area (Å²) in [5.74, 6) is -1.19. The number of nitrogens with one attached hydrogen (secondary N) is 1. The molecule has 0 aromatic heterocycles. The summed E-state index contributed by atoms with van der Waals surface area (Å²) in [6, 6.07) is 12.5. The van der Waals surface area contributed by atoms with Crippen LogP contribution in [0.3, 0.4) is 0 Å². The van der Waals surface area contributed by atoms with Gasteiger partial charge in [0.05, 0.1) is 25.5 Å². The topological polar surface area (TPSA) is 75.6 Å². The number of ether oxygens (including phenoxy) is 1. The van der Waals surface area contributed by atoms with Gasteiger partial charge in [0.1, 0.15) is 11.6 Å². The molecule has 1 amide bonds. The van der Waals surface area contributed by atoms with Crippen molar-refractivity contribution in [3.63, 3.8) is 0 Å². The highest BCUT2D eigenvalue weighted by atomic mass is 19.1. The van der Waals surface area contributed by atoms with Crippen molar-refractivity contribution in [2.24, 2.45) is 0 Å². The van der Waals surface area contributed by atoms with Crippen molar-refractivity contribution < 1.29 is 23.8 Å². The average molecular weight is 345 g/mol. The summed E-state index contributed by atoms with van der Waals surface area (Å²) >= 11 is 0. The van der Waals surface area contributed by atoms with Crippen LogP contribution in [-0.4, -0.2) is 24.1 Å². The maximum atomic E-state index is 13.0. The summed E-state index contributed by atoms with van der Waals surface area (Å²) in [7, 11) is 1.51. The van der Waals surface area contributed by atoms with Crippen LogP contribution in [-0.2, 0) is 21.5 Å². The van der Waals surface area contributed by atoms with Crippen molar-refractivity contribution in [3.8, 4) is 5.75 Å². The highest BCUT2D eigenvalue weighted by Crippen LogP contribution is 2.28. The number of carboxylic acids is 1. The molecule has 6 heteroatoms. The first-order chi connectivity index (χ1) is 11.8. The lowest BCUT2D eigenvalue weighted by molar-refractivity contribution is -0.139. The molecule has 2 aromatic rings. The largest absolute Gasteiger partial charge is 0.497 e. The minimum Gasteiger partial charge on any atom is -0.497 e. The minimum absolute atomic E-state index is 0.0272. The van der Waals surface area contributed by atoms with Crippen molar-refractivity contribution in [1.82, 2.24) is 5.32 Å². The molecule has 0 saturated heterocycles. The first-order valence-electron chi connectivity index (χ1n) is 7.74. The zero-order valence-corrected chi connectivity index (χ0v) is 14.1. The summed E-state index contributed by atoms with van der Waals surface area (Å²) in [4.78, 5) is 23.7. The van der Waals surface area contributed by atoms with Gasteiger partial charge in [0, 0.05) is 0 Å². The Balaban J connectivity index is 2.22. The van der Waals surface area contributed by atoms with Crippen molar-refractivity contribution >= 4 is 11.9 Å². The Morgan fingerprint density at radius 1 is 1.20 bits per heavy atom. The monoisotopic (exact) mass is 345 g/mol. The Kier molecular flexibility index (Phi) is 5.75. The van der Waals surface area contributed by atoms with Crippen molar-refractivity contribution in [2.45, 2.75) is 25.3 Å². The second-order valence-corrected chi connectivity index (χ2v) is 5.99. The van der Waals surface area contributed by atoms with Crippen LogP contribution in [0.1, 0.15) is 24.5 Å². The SMILES string of the molecule is COc1cccc(C(C)(CC(=O)O)NC(=O)Cc2ccc(F)cc2)c1. The fourth-order valence-corrected chi connectivity index (χ4v) is 2.63. The number of hydrogen-bond donors (Lipinski definition) is 2. The van der Waals surface area contributed by atoms with Crippen molar-refractivity contribution in [3.05, 3.63) is 65.5 Å². The second-order valence-electron chi connectivity index (χ2n) is 5.99. The predicted molar refractivity (Wildman–Crippen MR) is 90.8 cm³/mol. The van der Waals surface area contributed by atoms with Crippen molar-refractivity contribution in [2.75, 3.05) is 7.11 Å². The number of rotatable bonds is 7. The standard InChI is InChI=1S/C19H20FNO4/c1-19(12-18(23)24,14-4-3-5-16(11-14)25-2)21-17(22)10-13-6-8-15(20)9-7-13/h3-9,11H,10,12H2,1-2H3,(H,21,22)(H,23,24). The number of halogens is 1. The molecule has 0 bridgehead atoms. The number of benzene rings is 2. The van der Waals surface area contributed by atoms with Crippen LogP contribution in [0.5, 0.6) is 5.75 Å². The van der Waals surface area contributed by atoms with E-state index in [-0.39, 0.29) is 24.6 Å². The fourth-order valence-electron chi connectivity index (χ4n) is 2.63. The molecule has 25 heavy (non-hydrogen) atoms. The Labute approximate surface area is 145 Å². The maximum Gasteiger partial charge on any atom is 0.306 e.